The van der Waals surface area contributed by atoms with Gasteiger partial charge >= 0.3 is 6.03 Å². The van der Waals surface area contributed by atoms with Gasteiger partial charge in [-0.25, -0.2) is 4.79 Å². The van der Waals surface area contributed by atoms with E-state index in [1.165, 1.54) is 22.9 Å². The molecule has 41 heavy (non-hydrogen) atoms. The molecule has 1 aliphatic rings. The monoisotopic (exact) mass is 589 g/mol. The first-order valence-electron chi connectivity index (χ1n) is 14.2. The Morgan fingerprint density at radius 2 is 1.59 bits per heavy atom. The lowest BCUT2D eigenvalue weighted by molar-refractivity contribution is 0.0349. The minimum absolute atomic E-state index is 0.0729. The van der Waals surface area contributed by atoms with Crippen molar-refractivity contribution in [2.75, 3.05) is 45.9 Å². The summed E-state index contributed by atoms with van der Waals surface area (Å²) < 4.78 is 5.53. The van der Waals surface area contributed by atoms with E-state index in [9.17, 15) is 4.79 Å². The maximum Gasteiger partial charge on any atom is 0.322 e. The number of amides is 2. The fourth-order valence-corrected chi connectivity index (χ4v) is 5.72. The van der Waals surface area contributed by atoms with Crippen molar-refractivity contribution >= 4 is 35.0 Å². The van der Waals surface area contributed by atoms with Crippen LogP contribution in [0.5, 0.6) is 0 Å². The fourth-order valence-electron chi connectivity index (χ4n) is 4.87. The van der Waals surface area contributed by atoms with E-state index in [1.807, 2.05) is 54.3 Å². The zero-order valence-corrected chi connectivity index (χ0v) is 25.5. The number of carbonyl (C=O) groups is 1. The summed E-state index contributed by atoms with van der Waals surface area (Å²) >= 11 is 7.57. The number of nitrogens with one attached hydrogen (secondary N) is 1. The Morgan fingerprint density at radius 3 is 2.17 bits per heavy atom. The summed E-state index contributed by atoms with van der Waals surface area (Å²) in [6.45, 7) is 9.43. The van der Waals surface area contributed by atoms with Gasteiger partial charge in [0.05, 0.1) is 18.2 Å². The average molecular weight is 590 g/mol. The van der Waals surface area contributed by atoms with Crippen LogP contribution in [0, 0.1) is 0 Å². The third-order valence-corrected chi connectivity index (χ3v) is 8.64. The highest BCUT2D eigenvalue weighted by Gasteiger charge is 2.21. The van der Waals surface area contributed by atoms with Gasteiger partial charge in [-0.1, -0.05) is 102 Å². The predicted octanol–water partition coefficient (Wildman–Crippen LogP) is 7.86. The van der Waals surface area contributed by atoms with Gasteiger partial charge in [-0.05, 0) is 60.1 Å². The number of benzene rings is 3. The predicted molar refractivity (Wildman–Crippen MR) is 173 cm³/mol. The van der Waals surface area contributed by atoms with Crippen molar-refractivity contribution < 1.29 is 9.53 Å². The van der Waals surface area contributed by atoms with Crippen LogP contribution < -0.4 is 5.32 Å². The number of hydrogen-bond acceptors (Lipinski definition) is 4. The van der Waals surface area contributed by atoms with Crippen LogP contribution >= 0.6 is 23.4 Å². The van der Waals surface area contributed by atoms with Crippen LogP contribution in [0.3, 0.4) is 0 Å². The number of rotatable bonds is 12. The highest BCUT2D eigenvalue weighted by atomic mass is 35.5. The second-order valence-corrected chi connectivity index (χ2v) is 11.5. The molecule has 0 unspecified atom stereocenters. The number of ether oxygens (including phenoxy) is 1. The van der Waals surface area contributed by atoms with Crippen molar-refractivity contribution in [3.63, 3.8) is 0 Å². The van der Waals surface area contributed by atoms with E-state index >= 15 is 0 Å². The molecule has 0 radical (unpaired) electrons. The molecule has 7 heteroatoms. The maximum absolute atomic E-state index is 13.7. The molecule has 4 rings (SSSR count). The fraction of sp³-hybridized carbons (Fsp3) is 0.324. The Kier molecular flexibility index (Phi) is 12.4. The van der Waals surface area contributed by atoms with Crippen LogP contribution in [-0.4, -0.2) is 61.8 Å². The van der Waals surface area contributed by atoms with Crippen molar-refractivity contribution in [2.45, 2.75) is 26.2 Å². The first-order chi connectivity index (χ1) is 20.0. The molecule has 216 valence electrons. The van der Waals surface area contributed by atoms with Gasteiger partial charge in [0.15, 0.2) is 0 Å². The van der Waals surface area contributed by atoms with Crippen molar-refractivity contribution in [2.24, 2.45) is 0 Å². The number of carbonyl (C=O) groups excluding carboxylic acids is 1. The van der Waals surface area contributed by atoms with Crippen molar-refractivity contribution in [1.29, 1.82) is 0 Å². The van der Waals surface area contributed by atoms with Crippen LogP contribution in [0.1, 0.15) is 42.9 Å². The molecule has 3 aromatic carbocycles. The van der Waals surface area contributed by atoms with E-state index in [0.717, 1.165) is 60.5 Å². The van der Waals surface area contributed by atoms with Gasteiger partial charge in [0.1, 0.15) is 0 Å². The highest BCUT2D eigenvalue weighted by Crippen LogP contribution is 2.28. The topological polar surface area (TPSA) is 44.8 Å². The van der Waals surface area contributed by atoms with Crippen LogP contribution in [0.15, 0.2) is 101 Å². The van der Waals surface area contributed by atoms with E-state index in [0.29, 0.717) is 13.1 Å². The molecule has 0 spiro atoms. The van der Waals surface area contributed by atoms with Crippen LogP contribution in [-0.2, 0) is 4.74 Å². The third kappa shape index (κ3) is 9.79. The largest absolute Gasteiger partial charge is 0.379 e. The molecule has 0 bridgehead atoms. The number of hydrogen-bond donors (Lipinski definition) is 1. The maximum atomic E-state index is 13.7. The molecule has 1 fully saturated rings. The zero-order valence-electron chi connectivity index (χ0n) is 24.0. The molecule has 0 aliphatic carbocycles. The molecule has 5 nitrogen and oxygen atoms in total. The number of morpholine rings is 1. The Balaban J connectivity index is 1.45. The summed E-state index contributed by atoms with van der Waals surface area (Å²) in [6, 6.07) is 28.9. The molecule has 1 aliphatic heterocycles. The van der Waals surface area contributed by atoms with E-state index < -0.39 is 0 Å². The van der Waals surface area contributed by atoms with Crippen LogP contribution in [0.25, 0.3) is 5.57 Å². The van der Waals surface area contributed by atoms with Gasteiger partial charge in [-0.2, -0.15) is 0 Å². The Morgan fingerprint density at radius 1 is 0.976 bits per heavy atom. The normalized spacial score (nSPS) is 14.7. The lowest BCUT2D eigenvalue weighted by atomic mass is 9.88. The van der Waals surface area contributed by atoms with E-state index in [1.54, 1.807) is 0 Å². The van der Waals surface area contributed by atoms with Gasteiger partial charge in [0.2, 0.25) is 0 Å². The first-order valence-corrected chi connectivity index (χ1v) is 15.5. The lowest BCUT2D eigenvalue weighted by Gasteiger charge is -2.31. The number of urea groups is 1. The summed E-state index contributed by atoms with van der Waals surface area (Å²) in [5.41, 5.74) is 4.74. The second-order valence-electron chi connectivity index (χ2n) is 10.1. The van der Waals surface area contributed by atoms with Gasteiger partial charge in [-0.15, -0.1) is 0 Å². The molecule has 2 amide bonds. The number of thioether (sulfide) groups is 1. The first kappa shape index (κ1) is 30.9. The van der Waals surface area contributed by atoms with Gasteiger partial charge in [0.25, 0.3) is 0 Å². The zero-order chi connectivity index (χ0) is 28.9. The molecule has 1 heterocycles. The SMILES string of the molecule is CC=C(NC(=O)N(CCC(c1ccccc1)c1ccccc1)CCN1CCOCC1)S/C=C(\C)c1ccc(Cl)cc1. The number of halogens is 1. The van der Waals surface area contributed by atoms with E-state index in [2.05, 4.69) is 71.1 Å². The quantitative estimate of drug-likeness (QED) is 0.233. The number of nitrogens with zero attached hydrogens (tertiary/aromatic N) is 2. The average Bonchev–Trinajstić information content (AvgIpc) is 3.02. The van der Waals surface area contributed by atoms with Gasteiger partial charge in [0, 0.05) is 43.7 Å². The van der Waals surface area contributed by atoms with E-state index in [-0.39, 0.29) is 11.9 Å². The molecule has 0 atom stereocenters. The second kappa shape index (κ2) is 16.4. The smallest absolute Gasteiger partial charge is 0.322 e. The van der Waals surface area contributed by atoms with Crippen LogP contribution in [0.2, 0.25) is 5.02 Å². The van der Waals surface area contributed by atoms with Gasteiger partial charge in [-0.3, -0.25) is 4.90 Å². The summed E-state index contributed by atoms with van der Waals surface area (Å²) in [7, 11) is 0. The van der Waals surface area contributed by atoms with Crippen molar-refractivity contribution in [1.82, 2.24) is 15.1 Å². The molecule has 0 saturated carbocycles. The summed E-state index contributed by atoms with van der Waals surface area (Å²) in [6.07, 6.45) is 2.78. The molecule has 1 N–H and O–H groups in total. The molecular weight excluding hydrogens is 550 g/mol. The Hall–Kier alpha value is -3.03. The summed E-state index contributed by atoms with van der Waals surface area (Å²) in [5, 5.41) is 6.77. The molecule has 0 aromatic heterocycles. The summed E-state index contributed by atoms with van der Waals surface area (Å²) in [5.74, 6) is 0.205. The van der Waals surface area contributed by atoms with Gasteiger partial charge < -0.3 is 15.0 Å². The highest BCUT2D eigenvalue weighted by molar-refractivity contribution is 8.05. The molecule has 1 saturated heterocycles. The minimum Gasteiger partial charge on any atom is -0.379 e. The van der Waals surface area contributed by atoms with Crippen molar-refractivity contribution in [3.05, 3.63) is 123 Å². The molecule has 3 aromatic rings. The minimum atomic E-state index is -0.0729. The molecular formula is C34H40ClN3O2S. The summed E-state index contributed by atoms with van der Waals surface area (Å²) in [4.78, 5) is 18.0. The third-order valence-electron chi connectivity index (χ3n) is 7.32. The number of allylic oxidation sites excluding steroid dienone is 2. The van der Waals surface area contributed by atoms with E-state index in [4.69, 9.17) is 16.3 Å². The standard InChI is InChI=1S/C34H40ClN3O2S/c1-3-33(41-26-27(2)28-14-16-31(35)17-15-28)36-34(39)38(21-20-37-22-24-40-25-23-37)19-18-32(29-10-6-4-7-11-29)30-12-8-5-9-13-30/h3-17,26,32H,18-25H2,1-2H3,(H,36,39)/b27-26+,33-3?. The van der Waals surface area contributed by atoms with Crippen LogP contribution in [0.4, 0.5) is 4.79 Å². The Labute approximate surface area is 254 Å². The van der Waals surface area contributed by atoms with Crippen molar-refractivity contribution in [3.8, 4) is 0 Å². The Bertz CT molecular complexity index is 1240. The lowest BCUT2D eigenvalue weighted by Crippen LogP contribution is -2.46.